The van der Waals surface area contributed by atoms with Crippen molar-refractivity contribution in [2.45, 2.75) is 19.3 Å². The van der Waals surface area contributed by atoms with Crippen molar-refractivity contribution in [2.75, 3.05) is 19.0 Å². The Hall–Kier alpha value is -2.62. The fraction of sp³-hybridized carbons (Fsp3) is 0.357. The van der Waals surface area contributed by atoms with E-state index in [0.29, 0.717) is 12.8 Å². The minimum Gasteiger partial charge on any atom is -0.383 e. The first kappa shape index (κ1) is 17.7. The lowest BCUT2D eigenvalue weighted by Gasteiger charge is -2.10. The summed E-state index contributed by atoms with van der Waals surface area (Å²) >= 11 is 0. The van der Waals surface area contributed by atoms with Crippen LogP contribution in [0.3, 0.4) is 0 Å². The van der Waals surface area contributed by atoms with E-state index >= 15 is 0 Å². The van der Waals surface area contributed by atoms with Crippen LogP contribution >= 0.6 is 0 Å². The van der Waals surface area contributed by atoms with E-state index in [1.807, 2.05) is 0 Å². The molecule has 2 aromatic rings. The summed E-state index contributed by atoms with van der Waals surface area (Å²) in [6, 6.07) is 2.05. The Morgan fingerprint density at radius 3 is 2.67 bits per heavy atom. The van der Waals surface area contributed by atoms with Gasteiger partial charge in [0.05, 0.1) is 24.3 Å². The summed E-state index contributed by atoms with van der Waals surface area (Å²) in [6.07, 6.45) is -2.39. The van der Waals surface area contributed by atoms with Crippen LogP contribution in [0.25, 0.3) is 0 Å². The van der Waals surface area contributed by atoms with Gasteiger partial charge in [0.15, 0.2) is 0 Å². The molecule has 2 heterocycles. The molecule has 2 rings (SSSR count). The van der Waals surface area contributed by atoms with Gasteiger partial charge in [-0.2, -0.15) is 13.2 Å². The number of aromatic amines is 1. The van der Waals surface area contributed by atoms with Gasteiger partial charge in [-0.25, -0.2) is 9.78 Å². The Balaban J connectivity index is 2.11. The van der Waals surface area contributed by atoms with E-state index in [-0.39, 0.29) is 24.5 Å². The van der Waals surface area contributed by atoms with Crippen molar-refractivity contribution in [2.24, 2.45) is 0 Å². The summed E-state index contributed by atoms with van der Waals surface area (Å²) in [5.74, 6) is 0.178. The highest BCUT2D eigenvalue weighted by molar-refractivity contribution is 5.36. The van der Waals surface area contributed by atoms with Gasteiger partial charge in [0.25, 0.3) is 5.56 Å². The van der Waals surface area contributed by atoms with Crippen LogP contribution in [0.4, 0.5) is 19.0 Å². The topological polar surface area (TPSA) is 89.0 Å². The standard InChI is InChI=1S/C14H15F3N4O3/c1-24-5-4-21-8-9(12(22)20-13(21)23)6-18-11-3-2-10(7-19-11)14(15,16)17/h2-3,7-8H,4-6H2,1H3,(H,18,19)(H,20,22,23). The number of nitrogens with zero attached hydrogens (tertiary/aromatic N) is 2. The normalized spacial score (nSPS) is 11.5. The third-order valence-electron chi connectivity index (χ3n) is 3.17. The smallest absolute Gasteiger partial charge is 0.383 e. The molecule has 0 aliphatic carbocycles. The predicted molar refractivity (Wildman–Crippen MR) is 79.8 cm³/mol. The second kappa shape index (κ2) is 7.30. The lowest BCUT2D eigenvalue weighted by Crippen LogP contribution is -2.33. The average molecular weight is 344 g/mol. The summed E-state index contributed by atoms with van der Waals surface area (Å²) < 4.78 is 43.5. The zero-order chi connectivity index (χ0) is 17.7. The molecule has 2 aromatic heterocycles. The van der Waals surface area contributed by atoms with Crippen molar-refractivity contribution in [3.63, 3.8) is 0 Å². The summed E-state index contributed by atoms with van der Waals surface area (Å²) in [6.45, 7) is 0.553. The van der Waals surface area contributed by atoms with Gasteiger partial charge in [-0.15, -0.1) is 0 Å². The molecule has 0 fully saturated rings. The maximum atomic E-state index is 12.5. The summed E-state index contributed by atoms with van der Waals surface area (Å²) in [4.78, 5) is 29.2. The Kier molecular flexibility index (Phi) is 5.39. The molecule has 0 radical (unpaired) electrons. The number of hydrogen-bond acceptors (Lipinski definition) is 5. The number of nitrogens with one attached hydrogen (secondary N) is 2. The van der Waals surface area contributed by atoms with E-state index in [9.17, 15) is 22.8 Å². The Bertz CT molecular complexity index is 797. The lowest BCUT2D eigenvalue weighted by atomic mass is 10.2. The Labute approximate surface area is 134 Å². The molecule has 7 nitrogen and oxygen atoms in total. The van der Waals surface area contributed by atoms with E-state index in [2.05, 4.69) is 15.3 Å². The van der Waals surface area contributed by atoms with Crippen LogP contribution in [0.5, 0.6) is 0 Å². The Morgan fingerprint density at radius 1 is 1.33 bits per heavy atom. The van der Waals surface area contributed by atoms with E-state index in [4.69, 9.17) is 4.74 Å². The van der Waals surface area contributed by atoms with Crippen molar-refractivity contribution < 1.29 is 17.9 Å². The first-order valence-electron chi connectivity index (χ1n) is 6.90. The number of pyridine rings is 1. The predicted octanol–water partition coefficient (Wildman–Crippen LogP) is 1.21. The van der Waals surface area contributed by atoms with Crippen molar-refractivity contribution in [1.82, 2.24) is 14.5 Å². The monoisotopic (exact) mass is 344 g/mol. The summed E-state index contributed by atoms with van der Waals surface area (Å²) in [7, 11) is 1.48. The van der Waals surface area contributed by atoms with Gasteiger partial charge in [-0.1, -0.05) is 0 Å². The third kappa shape index (κ3) is 4.44. The fourth-order valence-corrected chi connectivity index (χ4v) is 1.89. The first-order valence-corrected chi connectivity index (χ1v) is 6.90. The highest BCUT2D eigenvalue weighted by Crippen LogP contribution is 2.28. The second-order valence-electron chi connectivity index (χ2n) is 4.88. The number of H-pyrrole nitrogens is 1. The van der Waals surface area contributed by atoms with Gasteiger partial charge in [-0.3, -0.25) is 14.3 Å². The number of rotatable bonds is 6. The SMILES string of the molecule is COCCn1cc(CNc2ccc(C(F)(F)F)cn2)c(=O)[nH]c1=O. The van der Waals surface area contributed by atoms with Crippen molar-refractivity contribution in [3.8, 4) is 0 Å². The maximum absolute atomic E-state index is 12.5. The molecule has 0 unspecified atom stereocenters. The molecule has 24 heavy (non-hydrogen) atoms. The van der Waals surface area contributed by atoms with Crippen molar-refractivity contribution >= 4 is 5.82 Å². The van der Waals surface area contributed by atoms with Crippen LogP contribution in [0, 0.1) is 0 Å². The van der Waals surface area contributed by atoms with Crippen LogP contribution in [0.2, 0.25) is 0 Å². The fourth-order valence-electron chi connectivity index (χ4n) is 1.89. The van der Waals surface area contributed by atoms with Gasteiger partial charge >= 0.3 is 11.9 Å². The molecule has 2 N–H and O–H groups in total. The number of halogens is 3. The van der Waals surface area contributed by atoms with Crippen LogP contribution in [0.15, 0.2) is 34.1 Å². The third-order valence-corrected chi connectivity index (χ3v) is 3.17. The highest BCUT2D eigenvalue weighted by atomic mass is 19.4. The highest BCUT2D eigenvalue weighted by Gasteiger charge is 2.30. The maximum Gasteiger partial charge on any atom is 0.417 e. The van der Waals surface area contributed by atoms with Gasteiger partial charge < -0.3 is 10.1 Å². The number of aromatic nitrogens is 3. The van der Waals surface area contributed by atoms with Crippen LogP contribution in [-0.2, 0) is 24.0 Å². The molecule has 0 saturated heterocycles. The number of anilines is 1. The van der Waals surface area contributed by atoms with Gasteiger partial charge in [0, 0.05) is 26.0 Å². The minimum atomic E-state index is -4.46. The molecule has 0 amide bonds. The van der Waals surface area contributed by atoms with Crippen LogP contribution < -0.4 is 16.6 Å². The van der Waals surface area contributed by atoms with Gasteiger partial charge in [-0.05, 0) is 12.1 Å². The average Bonchev–Trinajstić information content (AvgIpc) is 2.52. The van der Waals surface area contributed by atoms with Crippen molar-refractivity contribution in [1.29, 1.82) is 0 Å². The Morgan fingerprint density at radius 2 is 2.08 bits per heavy atom. The molecule has 0 aliphatic heterocycles. The summed E-state index contributed by atoms with van der Waals surface area (Å²) in [5, 5.41) is 2.74. The zero-order valence-electron chi connectivity index (χ0n) is 12.7. The molecule has 0 saturated carbocycles. The van der Waals surface area contributed by atoms with E-state index in [1.54, 1.807) is 0 Å². The minimum absolute atomic E-state index is 0.000952. The van der Waals surface area contributed by atoms with Crippen LogP contribution in [0.1, 0.15) is 11.1 Å². The lowest BCUT2D eigenvalue weighted by molar-refractivity contribution is -0.137. The molecule has 0 bridgehead atoms. The largest absolute Gasteiger partial charge is 0.417 e. The molecular weight excluding hydrogens is 329 g/mol. The van der Waals surface area contributed by atoms with Gasteiger partial charge in [0.1, 0.15) is 5.82 Å². The molecule has 0 atom stereocenters. The molecule has 0 aliphatic rings. The number of ether oxygens (including phenoxy) is 1. The molecule has 0 aromatic carbocycles. The first-order chi connectivity index (χ1) is 11.3. The second-order valence-corrected chi connectivity index (χ2v) is 4.88. The molecule has 130 valence electrons. The summed E-state index contributed by atoms with van der Waals surface area (Å²) in [5.41, 5.74) is -1.76. The number of alkyl halides is 3. The molecular formula is C14H15F3N4O3. The van der Waals surface area contributed by atoms with Crippen molar-refractivity contribution in [3.05, 3.63) is 56.5 Å². The van der Waals surface area contributed by atoms with Crippen LogP contribution in [-0.4, -0.2) is 28.3 Å². The number of methoxy groups -OCH3 is 1. The van der Waals surface area contributed by atoms with E-state index < -0.39 is 23.0 Å². The molecule has 10 heteroatoms. The quantitative estimate of drug-likeness (QED) is 0.822. The van der Waals surface area contributed by atoms with E-state index in [1.165, 1.54) is 17.9 Å². The number of hydrogen-bond donors (Lipinski definition) is 2. The van der Waals surface area contributed by atoms with E-state index in [0.717, 1.165) is 12.1 Å². The zero-order valence-corrected chi connectivity index (χ0v) is 12.7. The van der Waals surface area contributed by atoms with Gasteiger partial charge in [0.2, 0.25) is 0 Å². The molecule has 0 spiro atoms.